The molecule has 7 nitrogen and oxygen atoms in total. The van der Waals surface area contributed by atoms with Gasteiger partial charge in [0, 0.05) is 37.9 Å². The molecule has 0 atom stereocenters. The molecule has 1 saturated heterocycles. The third kappa shape index (κ3) is 4.95. The average Bonchev–Trinajstić information content (AvgIpc) is 2.71. The van der Waals surface area contributed by atoms with E-state index in [2.05, 4.69) is 0 Å². The molecule has 10 heteroatoms. The average molecular weight is 409 g/mol. The molecule has 1 fully saturated rings. The normalized spacial score (nSPS) is 14.6. The highest BCUT2D eigenvalue weighted by Crippen LogP contribution is 2.32. The predicted molar refractivity (Wildman–Crippen MR) is 98.8 cm³/mol. The number of amides is 1. The van der Waals surface area contributed by atoms with Gasteiger partial charge in [-0.05, 0) is 24.3 Å². The number of rotatable bonds is 5. The van der Waals surface area contributed by atoms with Crippen molar-refractivity contribution in [3.05, 3.63) is 64.2 Å². The van der Waals surface area contributed by atoms with Gasteiger partial charge in [0.1, 0.15) is 0 Å². The molecule has 0 aromatic heterocycles. The summed E-state index contributed by atoms with van der Waals surface area (Å²) in [5.41, 5.74) is -0.496. The van der Waals surface area contributed by atoms with Gasteiger partial charge in [-0.2, -0.15) is 13.2 Å². The molecule has 29 heavy (non-hydrogen) atoms. The van der Waals surface area contributed by atoms with E-state index in [4.69, 9.17) is 4.74 Å². The van der Waals surface area contributed by atoms with Gasteiger partial charge in [-0.3, -0.25) is 14.9 Å². The maximum absolute atomic E-state index is 12.9. The van der Waals surface area contributed by atoms with Crippen LogP contribution < -0.4 is 9.64 Å². The summed E-state index contributed by atoms with van der Waals surface area (Å²) in [5, 5.41) is 11.0. The maximum Gasteiger partial charge on any atom is 0.416 e. The minimum Gasteiger partial charge on any atom is -0.477 e. The molecule has 1 aliphatic heterocycles. The Balaban J connectivity index is 1.56. The molecule has 1 aliphatic rings. The lowest BCUT2D eigenvalue weighted by Gasteiger charge is -2.36. The standard InChI is InChI=1S/C19H18F3N3O4/c20-19(21,22)14-4-3-5-15(12-14)23-8-10-24(11-9-23)18(26)13-29-17-7-2-1-6-16(17)25(27)28/h1-7,12H,8-11,13H2. The molecule has 0 spiro atoms. The molecule has 2 aromatic carbocycles. The first-order valence-corrected chi connectivity index (χ1v) is 8.82. The Morgan fingerprint density at radius 2 is 1.76 bits per heavy atom. The molecular weight excluding hydrogens is 391 g/mol. The minimum absolute atomic E-state index is 0.00783. The Hall–Kier alpha value is -3.30. The molecular formula is C19H18F3N3O4. The van der Waals surface area contributed by atoms with Crippen molar-refractivity contribution in [2.24, 2.45) is 0 Å². The Bertz CT molecular complexity index is 896. The monoisotopic (exact) mass is 409 g/mol. The number of hydrogen-bond acceptors (Lipinski definition) is 5. The van der Waals surface area contributed by atoms with Crippen LogP contribution in [0, 0.1) is 10.1 Å². The van der Waals surface area contributed by atoms with Gasteiger partial charge in [-0.15, -0.1) is 0 Å². The lowest BCUT2D eigenvalue weighted by Crippen LogP contribution is -2.50. The van der Waals surface area contributed by atoms with Gasteiger partial charge in [-0.1, -0.05) is 18.2 Å². The summed E-state index contributed by atoms with van der Waals surface area (Å²) in [6, 6.07) is 10.8. The highest BCUT2D eigenvalue weighted by Gasteiger charge is 2.31. The van der Waals surface area contributed by atoms with Crippen molar-refractivity contribution in [3.63, 3.8) is 0 Å². The summed E-state index contributed by atoms with van der Waals surface area (Å²) in [5.74, 6) is -0.333. The predicted octanol–water partition coefficient (Wildman–Crippen LogP) is 3.34. The van der Waals surface area contributed by atoms with E-state index >= 15 is 0 Å². The molecule has 0 N–H and O–H groups in total. The van der Waals surface area contributed by atoms with E-state index in [0.717, 1.165) is 12.1 Å². The summed E-state index contributed by atoms with van der Waals surface area (Å²) in [4.78, 5) is 26.0. The SMILES string of the molecule is O=C(COc1ccccc1[N+](=O)[O-])N1CCN(c2cccc(C(F)(F)F)c2)CC1. The van der Waals surface area contributed by atoms with Crippen LogP contribution in [0.5, 0.6) is 5.75 Å². The fraction of sp³-hybridized carbons (Fsp3) is 0.316. The van der Waals surface area contributed by atoms with E-state index < -0.39 is 16.7 Å². The first-order chi connectivity index (χ1) is 13.8. The molecule has 2 aromatic rings. The molecule has 0 radical (unpaired) electrons. The van der Waals surface area contributed by atoms with Crippen molar-refractivity contribution < 1.29 is 27.6 Å². The summed E-state index contributed by atoms with van der Waals surface area (Å²) in [7, 11) is 0. The van der Waals surface area contributed by atoms with Crippen LogP contribution in [0.2, 0.25) is 0 Å². The van der Waals surface area contributed by atoms with Crippen LogP contribution in [0.15, 0.2) is 48.5 Å². The number of piperazine rings is 1. The van der Waals surface area contributed by atoms with E-state index in [-0.39, 0.29) is 24.0 Å². The zero-order valence-corrected chi connectivity index (χ0v) is 15.3. The van der Waals surface area contributed by atoms with Gasteiger partial charge >= 0.3 is 11.9 Å². The van der Waals surface area contributed by atoms with E-state index in [1.807, 2.05) is 0 Å². The van der Waals surface area contributed by atoms with Crippen LogP contribution in [0.1, 0.15) is 5.56 Å². The summed E-state index contributed by atoms with van der Waals surface area (Å²) >= 11 is 0. The second-order valence-electron chi connectivity index (χ2n) is 6.43. The Morgan fingerprint density at radius 1 is 1.07 bits per heavy atom. The number of carbonyl (C=O) groups excluding carboxylic acids is 1. The fourth-order valence-electron chi connectivity index (χ4n) is 3.05. The van der Waals surface area contributed by atoms with Crippen molar-refractivity contribution in [2.75, 3.05) is 37.7 Å². The van der Waals surface area contributed by atoms with E-state index in [1.165, 1.54) is 29.2 Å². The number of nitro groups is 1. The zero-order valence-electron chi connectivity index (χ0n) is 15.3. The maximum atomic E-state index is 12.9. The number of nitrogens with zero attached hydrogens (tertiary/aromatic N) is 3. The Kier molecular flexibility index (Phi) is 5.90. The molecule has 0 aliphatic carbocycles. The van der Waals surface area contributed by atoms with Crippen LogP contribution in [0.3, 0.4) is 0 Å². The van der Waals surface area contributed by atoms with Crippen molar-refractivity contribution in [2.45, 2.75) is 6.18 Å². The van der Waals surface area contributed by atoms with Gasteiger partial charge in [-0.25, -0.2) is 0 Å². The van der Waals surface area contributed by atoms with Gasteiger partial charge in [0.15, 0.2) is 12.4 Å². The van der Waals surface area contributed by atoms with Crippen LogP contribution in [-0.4, -0.2) is 48.5 Å². The topological polar surface area (TPSA) is 75.9 Å². The number of carbonyl (C=O) groups is 1. The molecule has 1 amide bonds. The van der Waals surface area contributed by atoms with Crippen LogP contribution in [0.4, 0.5) is 24.5 Å². The summed E-state index contributed by atoms with van der Waals surface area (Å²) < 4.78 is 43.9. The lowest BCUT2D eigenvalue weighted by atomic mass is 10.1. The van der Waals surface area contributed by atoms with Crippen molar-refractivity contribution in [1.82, 2.24) is 4.90 Å². The van der Waals surface area contributed by atoms with Gasteiger partial charge in [0.2, 0.25) is 0 Å². The Labute approximate surface area is 164 Å². The third-order valence-electron chi connectivity index (χ3n) is 4.58. The number of para-hydroxylation sites is 2. The second kappa shape index (κ2) is 8.38. The zero-order chi connectivity index (χ0) is 21.0. The molecule has 0 saturated carbocycles. The Morgan fingerprint density at radius 3 is 2.41 bits per heavy atom. The van der Waals surface area contributed by atoms with Gasteiger partial charge in [0.25, 0.3) is 5.91 Å². The highest BCUT2D eigenvalue weighted by molar-refractivity contribution is 5.78. The molecule has 3 rings (SSSR count). The highest BCUT2D eigenvalue weighted by atomic mass is 19.4. The fourth-order valence-corrected chi connectivity index (χ4v) is 3.05. The van der Waals surface area contributed by atoms with E-state index in [0.29, 0.717) is 31.9 Å². The molecule has 0 bridgehead atoms. The van der Waals surface area contributed by atoms with Crippen molar-refractivity contribution in [3.8, 4) is 5.75 Å². The molecule has 0 unspecified atom stereocenters. The number of hydrogen-bond donors (Lipinski definition) is 0. The first-order valence-electron chi connectivity index (χ1n) is 8.82. The smallest absolute Gasteiger partial charge is 0.416 e. The number of nitro benzene ring substituents is 1. The number of benzene rings is 2. The van der Waals surface area contributed by atoms with Gasteiger partial charge in [0.05, 0.1) is 10.5 Å². The number of halogens is 3. The third-order valence-corrected chi connectivity index (χ3v) is 4.58. The van der Waals surface area contributed by atoms with Crippen molar-refractivity contribution in [1.29, 1.82) is 0 Å². The summed E-state index contributed by atoms with van der Waals surface area (Å²) in [6.45, 7) is 1.02. The van der Waals surface area contributed by atoms with Gasteiger partial charge < -0.3 is 14.5 Å². The van der Waals surface area contributed by atoms with E-state index in [9.17, 15) is 28.1 Å². The first kappa shape index (κ1) is 20.4. The van der Waals surface area contributed by atoms with Crippen LogP contribution in [0.25, 0.3) is 0 Å². The number of anilines is 1. The minimum atomic E-state index is -4.41. The molecule has 1 heterocycles. The van der Waals surface area contributed by atoms with Crippen LogP contribution >= 0.6 is 0 Å². The van der Waals surface area contributed by atoms with Crippen LogP contribution in [-0.2, 0) is 11.0 Å². The van der Waals surface area contributed by atoms with Crippen molar-refractivity contribution >= 4 is 17.3 Å². The largest absolute Gasteiger partial charge is 0.477 e. The molecule has 154 valence electrons. The number of ether oxygens (including phenoxy) is 1. The number of alkyl halides is 3. The van der Waals surface area contributed by atoms with E-state index in [1.54, 1.807) is 17.0 Å². The second-order valence-corrected chi connectivity index (χ2v) is 6.43. The quantitative estimate of drug-likeness (QED) is 0.559. The summed E-state index contributed by atoms with van der Waals surface area (Å²) in [6.07, 6.45) is -4.41. The lowest BCUT2D eigenvalue weighted by molar-refractivity contribution is -0.385.